The van der Waals surface area contributed by atoms with Gasteiger partial charge in [-0.25, -0.2) is 4.98 Å². The van der Waals surface area contributed by atoms with Crippen molar-refractivity contribution >= 4 is 17.2 Å². The van der Waals surface area contributed by atoms with Gasteiger partial charge in [0.25, 0.3) is 5.91 Å². The van der Waals surface area contributed by atoms with Crippen molar-refractivity contribution < 1.29 is 13.9 Å². The van der Waals surface area contributed by atoms with E-state index in [9.17, 15) is 4.79 Å². The Bertz CT molecular complexity index is 915. The molecule has 1 fully saturated rings. The van der Waals surface area contributed by atoms with E-state index in [0.717, 1.165) is 35.3 Å². The molecule has 0 aliphatic carbocycles. The molecule has 1 N–H and O–H groups in total. The van der Waals surface area contributed by atoms with Crippen LogP contribution in [0.25, 0.3) is 0 Å². The van der Waals surface area contributed by atoms with Gasteiger partial charge in [0.1, 0.15) is 18.1 Å². The molecule has 152 valence electrons. The van der Waals surface area contributed by atoms with E-state index in [0.29, 0.717) is 18.7 Å². The summed E-state index contributed by atoms with van der Waals surface area (Å²) in [7, 11) is 0. The number of carbonyl (C=O) groups excluding carboxylic acids is 1. The van der Waals surface area contributed by atoms with Crippen molar-refractivity contribution in [2.75, 3.05) is 19.6 Å². The van der Waals surface area contributed by atoms with Crippen LogP contribution in [-0.4, -0.2) is 35.4 Å². The lowest BCUT2D eigenvalue weighted by atomic mass is 10.1. The first kappa shape index (κ1) is 19.7. The van der Waals surface area contributed by atoms with E-state index in [1.165, 1.54) is 12.8 Å². The van der Waals surface area contributed by atoms with E-state index in [-0.39, 0.29) is 11.9 Å². The van der Waals surface area contributed by atoms with Crippen molar-refractivity contribution in [2.24, 2.45) is 0 Å². The molecule has 1 amide bonds. The minimum atomic E-state index is -0.0950. The number of likely N-dealkylation sites (tertiary alicyclic amines) is 1. The molecule has 4 rings (SSSR count). The number of carbonyl (C=O) groups is 1. The molecule has 2 aromatic heterocycles. The number of rotatable bonds is 8. The Morgan fingerprint density at radius 1 is 1.28 bits per heavy atom. The van der Waals surface area contributed by atoms with Crippen LogP contribution in [0.5, 0.6) is 5.75 Å². The van der Waals surface area contributed by atoms with Crippen molar-refractivity contribution in [1.29, 1.82) is 0 Å². The molecule has 3 aromatic rings. The topological polar surface area (TPSA) is 67.6 Å². The Labute approximate surface area is 174 Å². The fourth-order valence-electron chi connectivity index (χ4n) is 3.57. The SMILES string of the molecule is Cc1nc(COc2ccc(C(=O)NC[C@@H](c3ccco3)N3CCCC3)cc2)cs1. The van der Waals surface area contributed by atoms with Crippen molar-refractivity contribution in [2.45, 2.75) is 32.4 Å². The largest absolute Gasteiger partial charge is 0.487 e. The molecule has 0 saturated carbocycles. The normalized spacial score (nSPS) is 15.3. The van der Waals surface area contributed by atoms with Gasteiger partial charge in [-0.2, -0.15) is 0 Å². The number of hydrogen-bond donors (Lipinski definition) is 1. The van der Waals surface area contributed by atoms with E-state index in [1.54, 1.807) is 29.7 Å². The summed E-state index contributed by atoms with van der Waals surface area (Å²) in [6.45, 7) is 4.99. The molecule has 1 aromatic carbocycles. The van der Waals surface area contributed by atoms with Gasteiger partial charge >= 0.3 is 0 Å². The molecule has 0 bridgehead atoms. The highest BCUT2D eigenvalue weighted by Gasteiger charge is 2.26. The maximum absolute atomic E-state index is 12.6. The second kappa shape index (κ2) is 9.24. The molecule has 6 nitrogen and oxygen atoms in total. The van der Waals surface area contributed by atoms with Crippen molar-refractivity contribution in [3.8, 4) is 5.75 Å². The van der Waals surface area contributed by atoms with Crippen LogP contribution in [0, 0.1) is 6.92 Å². The van der Waals surface area contributed by atoms with E-state index in [2.05, 4.69) is 15.2 Å². The summed E-state index contributed by atoms with van der Waals surface area (Å²) in [4.78, 5) is 19.4. The van der Waals surface area contributed by atoms with Gasteiger partial charge in [0.2, 0.25) is 0 Å². The molecule has 29 heavy (non-hydrogen) atoms. The number of furan rings is 1. The highest BCUT2D eigenvalue weighted by molar-refractivity contribution is 7.09. The monoisotopic (exact) mass is 411 g/mol. The van der Waals surface area contributed by atoms with Crippen LogP contribution in [0.1, 0.15) is 45.7 Å². The number of nitrogens with zero attached hydrogens (tertiary/aromatic N) is 2. The molecular weight excluding hydrogens is 386 g/mol. The van der Waals surface area contributed by atoms with Gasteiger partial charge in [-0.3, -0.25) is 9.69 Å². The van der Waals surface area contributed by atoms with Crippen LogP contribution in [0.2, 0.25) is 0 Å². The van der Waals surface area contributed by atoms with Gasteiger partial charge in [0, 0.05) is 17.5 Å². The molecule has 3 heterocycles. The first-order valence-electron chi connectivity index (χ1n) is 9.88. The van der Waals surface area contributed by atoms with Crippen LogP contribution >= 0.6 is 11.3 Å². The number of hydrogen-bond acceptors (Lipinski definition) is 6. The third-order valence-electron chi connectivity index (χ3n) is 5.08. The maximum Gasteiger partial charge on any atom is 0.251 e. The van der Waals surface area contributed by atoms with Gasteiger partial charge in [-0.1, -0.05) is 0 Å². The van der Waals surface area contributed by atoms with Gasteiger partial charge in [-0.15, -0.1) is 11.3 Å². The summed E-state index contributed by atoms with van der Waals surface area (Å²) >= 11 is 1.61. The molecular formula is C22H25N3O3S. The highest BCUT2D eigenvalue weighted by Crippen LogP contribution is 2.25. The van der Waals surface area contributed by atoms with E-state index >= 15 is 0 Å². The number of aryl methyl sites for hydroxylation is 1. The molecule has 0 unspecified atom stereocenters. The van der Waals surface area contributed by atoms with Gasteiger partial charge < -0.3 is 14.5 Å². The van der Waals surface area contributed by atoms with Crippen LogP contribution < -0.4 is 10.1 Å². The predicted octanol–water partition coefficient (Wildman–Crippen LogP) is 4.19. The lowest BCUT2D eigenvalue weighted by Gasteiger charge is -2.26. The lowest BCUT2D eigenvalue weighted by molar-refractivity contribution is 0.0933. The Hall–Kier alpha value is -2.64. The molecule has 1 atom stereocenters. The summed E-state index contributed by atoms with van der Waals surface area (Å²) < 4.78 is 11.4. The van der Waals surface area contributed by atoms with Crippen molar-refractivity contribution in [1.82, 2.24) is 15.2 Å². The second-order valence-corrected chi connectivity index (χ2v) is 8.22. The second-order valence-electron chi connectivity index (χ2n) is 7.16. The zero-order chi connectivity index (χ0) is 20.1. The number of ether oxygens (including phenoxy) is 1. The third kappa shape index (κ3) is 5.05. The Kier molecular flexibility index (Phi) is 6.27. The number of aromatic nitrogens is 1. The lowest BCUT2D eigenvalue weighted by Crippen LogP contribution is -2.36. The molecule has 1 aliphatic rings. The summed E-state index contributed by atoms with van der Waals surface area (Å²) in [5.74, 6) is 1.52. The molecule has 0 spiro atoms. The van der Waals surface area contributed by atoms with Gasteiger partial charge in [-0.05, 0) is 69.3 Å². The molecule has 0 radical (unpaired) electrons. The van der Waals surface area contributed by atoms with Crippen LogP contribution in [0.15, 0.2) is 52.5 Å². The first-order chi connectivity index (χ1) is 14.2. The van der Waals surface area contributed by atoms with Crippen LogP contribution in [0.3, 0.4) is 0 Å². The molecule has 1 aliphatic heterocycles. The summed E-state index contributed by atoms with van der Waals surface area (Å²) in [6.07, 6.45) is 4.06. The standard InChI is InChI=1S/C22H25N3O3S/c1-16-24-18(15-29-16)14-28-19-8-6-17(7-9-19)22(26)23-13-20(21-5-4-12-27-21)25-10-2-3-11-25/h4-9,12,15,20H,2-3,10-11,13-14H2,1H3,(H,23,26)/t20-/m0/s1. The van der Waals surface area contributed by atoms with Crippen LogP contribution in [0.4, 0.5) is 0 Å². The maximum atomic E-state index is 12.6. The Morgan fingerprint density at radius 2 is 2.07 bits per heavy atom. The Balaban J connectivity index is 1.32. The van der Waals surface area contributed by atoms with Crippen molar-refractivity contribution in [3.05, 3.63) is 70.1 Å². The average molecular weight is 412 g/mol. The summed E-state index contributed by atoms with van der Waals surface area (Å²) in [5.41, 5.74) is 1.53. The minimum Gasteiger partial charge on any atom is -0.487 e. The van der Waals surface area contributed by atoms with E-state index in [1.807, 2.05) is 36.6 Å². The predicted molar refractivity (Wildman–Crippen MR) is 112 cm³/mol. The third-order valence-corrected chi connectivity index (χ3v) is 5.90. The quantitative estimate of drug-likeness (QED) is 0.602. The molecule has 7 heteroatoms. The van der Waals surface area contributed by atoms with E-state index < -0.39 is 0 Å². The van der Waals surface area contributed by atoms with Gasteiger partial charge in [0.15, 0.2) is 0 Å². The Morgan fingerprint density at radius 3 is 2.72 bits per heavy atom. The summed E-state index contributed by atoms with van der Waals surface area (Å²) in [5, 5.41) is 6.07. The van der Waals surface area contributed by atoms with Crippen molar-refractivity contribution in [3.63, 3.8) is 0 Å². The zero-order valence-electron chi connectivity index (χ0n) is 16.5. The zero-order valence-corrected chi connectivity index (χ0v) is 17.3. The fourth-order valence-corrected chi connectivity index (χ4v) is 4.17. The number of thiazole rings is 1. The minimum absolute atomic E-state index is 0.0700. The average Bonchev–Trinajstić information content (AvgIpc) is 3.50. The molecule has 1 saturated heterocycles. The van der Waals surface area contributed by atoms with Crippen LogP contribution in [-0.2, 0) is 6.61 Å². The highest BCUT2D eigenvalue weighted by atomic mass is 32.1. The fraction of sp³-hybridized carbons (Fsp3) is 0.364. The van der Waals surface area contributed by atoms with Gasteiger partial charge in [0.05, 0.1) is 23.0 Å². The number of amides is 1. The van der Waals surface area contributed by atoms with E-state index in [4.69, 9.17) is 9.15 Å². The number of nitrogens with one attached hydrogen (secondary N) is 1. The summed E-state index contributed by atoms with van der Waals surface area (Å²) in [6, 6.07) is 11.2. The smallest absolute Gasteiger partial charge is 0.251 e. The number of benzene rings is 1. The first-order valence-corrected chi connectivity index (χ1v) is 10.8.